The molecular formula is C15H28N2O2. The van der Waals surface area contributed by atoms with Crippen LogP contribution < -0.4 is 0 Å². The molecule has 0 saturated heterocycles. The number of nitrogens with zero attached hydrogens (tertiary/aromatic N) is 2. The van der Waals surface area contributed by atoms with Crippen LogP contribution in [-0.2, 0) is 4.79 Å². The first kappa shape index (κ1) is 14.8. The van der Waals surface area contributed by atoms with Crippen molar-refractivity contribution in [2.24, 2.45) is 5.92 Å². The van der Waals surface area contributed by atoms with Gasteiger partial charge in [-0.2, -0.15) is 0 Å². The summed E-state index contributed by atoms with van der Waals surface area (Å²) >= 11 is 0. The molecular weight excluding hydrogens is 240 g/mol. The van der Waals surface area contributed by atoms with Crippen LogP contribution in [0.4, 0.5) is 0 Å². The highest BCUT2D eigenvalue weighted by Crippen LogP contribution is 2.27. The zero-order valence-electron chi connectivity index (χ0n) is 12.3. The number of likely N-dealkylation sites (N-methyl/N-ethyl adjacent to an activating group) is 2. The summed E-state index contributed by atoms with van der Waals surface area (Å²) in [5, 5.41) is 9.28. The van der Waals surface area contributed by atoms with Gasteiger partial charge in [-0.1, -0.05) is 19.3 Å². The van der Waals surface area contributed by atoms with E-state index in [-0.39, 0.29) is 12.0 Å². The van der Waals surface area contributed by atoms with Gasteiger partial charge in [0.15, 0.2) is 0 Å². The van der Waals surface area contributed by atoms with Crippen molar-refractivity contribution >= 4 is 5.91 Å². The van der Waals surface area contributed by atoms with Gasteiger partial charge in [-0.25, -0.2) is 0 Å². The summed E-state index contributed by atoms with van der Waals surface area (Å²) in [6, 6.07) is 0.458. The lowest BCUT2D eigenvalue weighted by molar-refractivity contribution is -0.133. The predicted octanol–water partition coefficient (Wildman–Crippen LogP) is 1.48. The van der Waals surface area contributed by atoms with Crippen molar-refractivity contribution in [2.45, 2.75) is 57.1 Å². The first-order valence-corrected chi connectivity index (χ1v) is 7.68. The molecule has 0 atom stereocenters. The molecule has 4 heteroatoms. The van der Waals surface area contributed by atoms with E-state index in [1.54, 1.807) is 0 Å². The third-order valence-electron chi connectivity index (χ3n) is 4.70. The Kier molecular flexibility index (Phi) is 5.22. The van der Waals surface area contributed by atoms with Crippen LogP contribution in [0.1, 0.15) is 44.9 Å². The van der Waals surface area contributed by atoms with E-state index in [9.17, 15) is 9.90 Å². The Hall–Kier alpha value is -0.610. The topological polar surface area (TPSA) is 43.8 Å². The third kappa shape index (κ3) is 4.18. The Bertz CT molecular complexity index is 297. The summed E-state index contributed by atoms with van der Waals surface area (Å²) in [5.74, 6) is 0.821. The van der Waals surface area contributed by atoms with Gasteiger partial charge >= 0.3 is 0 Å². The van der Waals surface area contributed by atoms with Crippen molar-refractivity contribution in [3.05, 3.63) is 0 Å². The molecule has 0 aliphatic heterocycles. The van der Waals surface area contributed by atoms with Gasteiger partial charge in [0.25, 0.3) is 0 Å². The Balaban J connectivity index is 1.69. The largest absolute Gasteiger partial charge is 0.393 e. The maximum Gasteiger partial charge on any atom is 0.236 e. The SMILES string of the molecule is CN(CC(=O)N(C)C1CCCCC1)CC1CC(O)C1. The third-order valence-corrected chi connectivity index (χ3v) is 4.70. The van der Waals surface area contributed by atoms with Crippen LogP contribution in [0, 0.1) is 5.92 Å². The normalized spacial score (nSPS) is 28.2. The molecule has 0 bridgehead atoms. The van der Waals surface area contributed by atoms with E-state index in [0.29, 0.717) is 18.5 Å². The molecule has 0 radical (unpaired) electrons. The van der Waals surface area contributed by atoms with Gasteiger partial charge in [-0.05, 0) is 38.6 Å². The minimum absolute atomic E-state index is 0.0981. The van der Waals surface area contributed by atoms with E-state index in [0.717, 1.165) is 19.4 Å². The van der Waals surface area contributed by atoms with Crippen molar-refractivity contribution in [1.82, 2.24) is 9.80 Å². The second kappa shape index (κ2) is 6.71. The Morgan fingerprint density at radius 2 is 1.79 bits per heavy atom. The second-order valence-corrected chi connectivity index (χ2v) is 6.48. The van der Waals surface area contributed by atoms with E-state index in [1.165, 1.54) is 32.1 Å². The van der Waals surface area contributed by atoms with Gasteiger partial charge in [-0.3, -0.25) is 9.69 Å². The van der Waals surface area contributed by atoms with Gasteiger partial charge < -0.3 is 10.0 Å². The van der Waals surface area contributed by atoms with Crippen LogP contribution in [0.3, 0.4) is 0 Å². The van der Waals surface area contributed by atoms with Crippen LogP contribution >= 0.6 is 0 Å². The lowest BCUT2D eigenvalue weighted by Crippen LogP contribution is -2.45. The smallest absolute Gasteiger partial charge is 0.236 e. The number of aliphatic hydroxyl groups excluding tert-OH is 1. The molecule has 19 heavy (non-hydrogen) atoms. The van der Waals surface area contributed by atoms with Crippen molar-refractivity contribution < 1.29 is 9.90 Å². The van der Waals surface area contributed by atoms with Crippen LogP contribution in [0.2, 0.25) is 0 Å². The summed E-state index contributed by atoms with van der Waals surface area (Å²) in [6.45, 7) is 1.45. The minimum atomic E-state index is -0.0981. The molecule has 4 nitrogen and oxygen atoms in total. The molecule has 2 aliphatic rings. The first-order chi connectivity index (χ1) is 9.06. The maximum absolute atomic E-state index is 12.2. The van der Waals surface area contributed by atoms with E-state index in [1.807, 2.05) is 19.0 Å². The molecule has 0 aromatic rings. The highest BCUT2D eigenvalue weighted by Gasteiger charge is 2.29. The molecule has 0 heterocycles. The molecule has 0 aromatic heterocycles. The standard InChI is InChI=1S/C15H28N2O2/c1-16(10-12-8-14(18)9-12)11-15(19)17(2)13-6-4-3-5-7-13/h12-14,18H,3-11H2,1-2H3. The Labute approximate surface area is 116 Å². The number of rotatable bonds is 5. The average Bonchev–Trinajstić information content (AvgIpc) is 2.37. The van der Waals surface area contributed by atoms with Gasteiger partial charge in [-0.15, -0.1) is 0 Å². The van der Waals surface area contributed by atoms with E-state index in [2.05, 4.69) is 4.90 Å². The molecule has 1 N–H and O–H groups in total. The summed E-state index contributed by atoms with van der Waals surface area (Å²) in [7, 11) is 3.97. The van der Waals surface area contributed by atoms with E-state index >= 15 is 0 Å². The molecule has 0 unspecified atom stereocenters. The Morgan fingerprint density at radius 3 is 2.37 bits per heavy atom. The van der Waals surface area contributed by atoms with E-state index < -0.39 is 0 Å². The molecule has 2 fully saturated rings. The fourth-order valence-corrected chi connectivity index (χ4v) is 3.37. The number of hydrogen-bond donors (Lipinski definition) is 1. The number of hydrogen-bond acceptors (Lipinski definition) is 3. The zero-order valence-corrected chi connectivity index (χ0v) is 12.3. The highest BCUT2D eigenvalue weighted by molar-refractivity contribution is 5.78. The van der Waals surface area contributed by atoms with Crippen LogP contribution in [0.15, 0.2) is 0 Å². The average molecular weight is 268 g/mol. The fourth-order valence-electron chi connectivity index (χ4n) is 3.37. The molecule has 2 aliphatic carbocycles. The number of aliphatic hydroxyl groups is 1. The second-order valence-electron chi connectivity index (χ2n) is 6.48. The van der Waals surface area contributed by atoms with Gasteiger partial charge in [0, 0.05) is 19.6 Å². The lowest BCUT2D eigenvalue weighted by atomic mass is 9.82. The molecule has 0 aromatic carbocycles. The van der Waals surface area contributed by atoms with Crippen molar-refractivity contribution in [2.75, 3.05) is 27.2 Å². The predicted molar refractivity (Wildman–Crippen MR) is 75.9 cm³/mol. The molecule has 2 rings (SSSR count). The van der Waals surface area contributed by atoms with Crippen LogP contribution in [0.5, 0.6) is 0 Å². The Morgan fingerprint density at radius 1 is 1.16 bits per heavy atom. The summed E-state index contributed by atoms with van der Waals surface area (Å²) in [5.41, 5.74) is 0. The van der Waals surface area contributed by atoms with Gasteiger partial charge in [0.2, 0.25) is 5.91 Å². The quantitative estimate of drug-likeness (QED) is 0.821. The molecule has 110 valence electrons. The van der Waals surface area contributed by atoms with Crippen molar-refractivity contribution in [3.63, 3.8) is 0 Å². The van der Waals surface area contributed by atoms with Crippen LogP contribution in [-0.4, -0.2) is 60.1 Å². The maximum atomic E-state index is 12.2. The molecule has 0 spiro atoms. The van der Waals surface area contributed by atoms with Crippen molar-refractivity contribution in [1.29, 1.82) is 0 Å². The summed E-state index contributed by atoms with van der Waals surface area (Å²) in [4.78, 5) is 16.3. The summed E-state index contributed by atoms with van der Waals surface area (Å²) < 4.78 is 0. The van der Waals surface area contributed by atoms with Crippen molar-refractivity contribution in [3.8, 4) is 0 Å². The van der Waals surface area contributed by atoms with Crippen LogP contribution in [0.25, 0.3) is 0 Å². The zero-order chi connectivity index (χ0) is 13.8. The minimum Gasteiger partial charge on any atom is -0.393 e. The monoisotopic (exact) mass is 268 g/mol. The summed E-state index contributed by atoms with van der Waals surface area (Å²) in [6.07, 6.45) is 7.88. The van der Waals surface area contributed by atoms with Gasteiger partial charge in [0.1, 0.15) is 0 Å². The molecule has 1 amide bonds. The fraction of sp³-hybridized carbons (Fsp3) is 0.933. The number of amides is 1. The lowest BCUT2D eigenvalue weighted by Gasteiger charge is -2.36. The highest BCUT2D eigenvalue weighted by atomic mass is 16.3. The van der Waals surface area contributed by atoms with E-state index in [4.69, 9.17) is 0 Å². The number of carbonyl (C=O) groups excluding carboxylic acids is 1. The molecule has 2 saturated carbocycles. The number of carbonyl (C=O) groups is 1. The first-order valence-electron chi connectivity index (χ1n) is 7.68. The van der Waals surface area contributed by atoms with Gasteiger partial charge in [0.05, 0.1) is 12.6 Å².